The van der Waals surface area contributed by atoms with Crippen molar-refractivity contribution in [2.24, 2.45) is 0 Å². The fourth-order valence-electron chi connectivity index (χ4n) is 1.33. The second kappa shape index (κ2) is 5.91. The van der Waals surface area contributed by atoms with Crippen molar-refractivity contribution >= 4 is 17.6 Å². The van der Waals surface area contributed by atoms with Crippen molar-refractivity contribution in [1.82, 2.24) is 0 Å². The third kappa shape index (κ3) is 5.28. The minimum absolute atomic E-state index is 0.0638. The summed E-state index contributed by atoms with van der Waals surface area (Å²) in [4.78, 5) is 11.4. The standard InChI is InChI=1S/C13H14ClF3O3/c1-12(2,3)20-11(18)7-19-8-4-5-9(10(14)6-8)13(15,16)17/h4-6H,7H2,1-3H3. The Morgan fingerprint density at radius 2 is 1.85 bits per heavy atom. The number of hydrogen-bond donors (Lipinski definition) is 0. The highest BCUT2D eigenvalue weighted by Crippen LogP contribution is 2.36. The van der Waals surface area contributed by atoms with Gasteiger partial charge >= 0.3 is 12.1 Å². The van der Waals surface area contributed by atoms with Crippen molar-refractivity contribution in [3.8, 4) is 5.75 Å². The van der Waals surface area contributed by atoms with E-state index in [1.54, 1.807) is 20.8 Å². The monoisotopic (exact) mass is 310 g/mol. The third-order valence-electron chi connectivity index (χ3n) is 2.02. The normalized spacial score (nSPS) is 12.2. The summed E-state index contributed by atoms with van der Waals surface area (Å²) in [6.45, 7) is 4.68. The molecule has 0 spiro atoms. The first-order chi connectivity index (χ1) is 8.99. The quantitative estimate of drug-likeness (QED) is 0.789. The highest BCUT2D eigenvalue weighted by atomic mass is 35.5. The van der Waals surface area contributed by atoms with Gasteiger partial charge in [-0.15, -0.1) is 0 Å². The Balaban J connectivity index is 2.67. The first-order valence-corrected chi connectivity index (χ1v) is 6.08. The third-order valence-corrected chi connectivity index (χ3v) is 2.34. The van der Waals surface area contributed by atoms with Crippen LogP contribution in [0.5, 0.6) is 5.75 Å². The van der Waals surface area contributed by atoms with Crippen LogP contribution in [0.2, 0.25) is 5.02 Å². The number of halogens is 4. The summed E-state index contributed by atoms with van der Waals surface area (Å²) in [5.41, 5.74) is -1.61. The lowest BCUT2D eigenvalue weighted by Crippen LogP contribution is -2.27. The molecule has 0 N–H and O–H groups in total. The summed E-state index contributed by atoms with van der Waals surface area (Å²) < 4.78 is 47.5. The van der Waals surface area contributed by atoms with Crippen LogP contribution in [0.4, 0.5) is 13.2 Å². The Hall–Kier alpha value is -1.43. The molecule has 0 fully saturated rings. The molecule has 0 aromatic heterocycles. The van der Waals surface area contributed by atoms with Crippen LogP contribution in [0.1, 0.15) is 26.3 Å². The van der Waals surface area contributed by atoms with Crippen molar-refractivity contribution in [3.63, 3.8) is 0 Å². The van der Waals surface area contributed by atoms with Gasteiger partial charge in [0.1, 0.15) is 11.4 Å². The lowest BCUT2D eigenvalue weighted by molar-refractivity contribution is -0.157. The molecule has 0 saturated carbocycles. The lowest BCUT2D eigenvalue weighted by Gasteiger charge is -2.19. The van der Waals surface area contributed by atoms with E-state index in [1.165, 1.54) is 0 Å². The maximum atomic E-state index is 12.5. The zero-order valence-corrected chi connectivity index (χ0v) is 11.9. The lowest BCUT2D eigenvalue weighted by atomic mass is 10.2. The smallest absolute Gasteiger partial charge is 0.417 e. The van der Waals surface area contributed by atoms with Crippen LogP contribution in [0, 0.1) is 0 Å². The molecule has 112 valence electrons. The van der Waals surface area contributed by atoms with E-state index < -0.39 is 34.9 Å². The fourth-order valence-corrected chi connectivity index (χ4v) is 1.61. The number of carbonyl (C=O) groups excluding carboxylic acids is 1. The molecular weight excluding hydrogens is 297 g/mol. The zero-order valence-electron chi connectivity index (χ0n) is 11.2. The summed E-state index contributed by atoms with van der Waals surface area (Å²) in [5, 5.41) is -0.487. The average molecular weight is 311 g/mol. The molecule has 0 saturated heterocycles. The maximum absolute atomic E-state index is 12.5. The number of ether oxygens (including phenoxy) is 2. The molecule has 7 heteroatoms. The Bertz CT molecular complexity index is 493. The summed E-state index contributed by atoms with van der Waals surface area (Å²) in [7, 11) is 0. The van der Waals surface area contributed by atoms with Crippen LogP contribution >= 0.6 is 11.6 Å². The molecule has 3 nitrogen and oxygen atoms in total. The fraction of sp³-hybridized carbons (Fsp3) is 0.462. The van der Waals surface area contributed by atoms with Gasteiger partial charge in [0.2, 0.25) is 0 Å². The van der Waals surface area contributed by atoms with Gasteiger partial charge in [0.15, 0.2) is 6.61 Å². The predicted molar refractivity (Wildman–Crippen MR) is 67.8 cm³/mol. The molecule has 1 aromatic rings. The molecule has 0 amide bonds. The molecule has 1 aromatic carbocycles. The molecule has 0 radical (unpaired) electrons. The zero-order chi connectivity index (χ0) is 15.6. The van der Waals surface area contributed by atoms with Crippen molar-refractivity contribution in [2.45, 2.75) is 32.5 Å². The maximum Gasteiger partial charge on any atom is 0.417 e. The number of alkyl halides is 3. The van der Waals surface area contributed by atoms with Gasteiger partial charge in [0.05, 0.1) is 10.6 Å². The van der Waals surface area contributed by atoms with Gasteiger partial charge in [-0.05, 0) is 39.0 Å². The molecule has 1 rings (SSSR count). The van der Waals surface area contributed by atoms with Crippen LogP contribution in [0.15, 0.2) is 18.2 Å². The van der Waals surface area contributed by atoms with Crippen LogP contribution in [-0.2, 0) is 15.7 Å². The van der Waals surface area contributed by atoms with Crippen LogP contribution in [0.3, 0.4) is 0 Å². The van der Waals surface area contributed by atoms with E-state index in [-0.39, 0.29) is 5.75 Å². The number of esters is 1. The van der Waals surface area contributed by atoms with E-state index in [0.717, 1.165) is 18.2 Å². The van der Waals surface area contributed by atoms with E-state index >= 15 is 0 Å². The topological polar surface area (TPSA) is 35.5 Å². The first kappa shape index (κ1) is 16.6. The number of carbonyl (C=O) groups is 1. The molecule has 0 unspecified atom stereocenters. The highest BCUT2D eigenvalue weighted by Gasteiger charge is 2.33. The molecule has 20 heavy (non-hydrogen) atoms. The van der Waals surface area contributed by atoms with Crippen LogP contribution in [0.25, 0.3) is 0 Å². The van der Waals surface area contributed by atoms with Gasteiger partial charge in [-0.2, -0.15) is 13.2 Å². The van der Waals surface area contributed by atoms with Crippen LogP contribution in [-0.4, -0.2) is 18.2 Å². The average Bonchev–Trinajstić information content (AvgIpc) is 2.22. The Labute approximate surface area is 119 Å². The van der Waals surface area contributed by atoms with E-state index in [0.29, 0.717) is 0 Å². The Morgan fingerprint density at radius 1 is 1.25 bits per heavy atom. The molecule has 0 aliphatic heterocycles. The molecule has 0 aliphatic rings. The van der Waals surface area contributed by atoms with E-state index in [4.69, 9.17) is 21.1 Å². The van der Waals surface area contributed by atoms with Gasteiger partial charge in [0.25, 0.3) is 0 Å². The van der Waals surface area contributed by atoms with Crippen LogP contribution < -0.4 is 4.74 Å². The van der Waals surface area contributed by atoms with Gasteiger partial charge < -0.3 is 9.47 Å². The predicted octanol–water partition coefficient (Wildman–Crippen LogP) is 4.08. The van der Waals surface area contributed by atoms with Crippen molar-refractivity contribution < 1.29 is 27.4 Å². The minimum atomic E-state index is -4.53. The largest absolute Gasteiger partial charge is 0.482 e. The summed E-state index contributed by atoms with van der Waals surface area (Å²) in [6, 6.07) is 2.90. The summed E-state index contributed by atoms with van der Waals surface area (Å²) in [6.07, 6.45) is -4.53. The molecular formula is C13H14ClF3O3. The van der Waals surface area contributed by atoms with Gasteiger partial charge in [-0.1, -0.05) is 11.6 Å². The summed E-state index contributed by atoms with van der Waals surface area (Å²) in [5.74, 6) is -0.553. The van der Waals surface area contributed by atoms with Gasteiger partial charge in [0, 0.05) is 0 Å². The minimum Gasteiger partial charge on any atom is -0.482 e. The van der Waals surface area contributed by atoms with Crippen molar-refractivity contribution in [1.29, 1.82) is 0 Å². The first-order valence-electron chi connectivity index (χ1n) is 5.70. The Morgan fingerprint density at radius 3 is 2.30 bits per heavy atom. The van der Waals surface area contributed by atoms with Gasteiger partial charge in [-0.3, -0.25) is 0 Å². The van der Waals surface area contributed by atoms with E-state index in [9.17, 15) is 18.0 Å². The SMILES string of the molecule is CC(C)(C)OC(=O)COc1ccc(C(F)(F)F)c(Cl)c1. The highest BCUT2D eigenvalue weighted by molar-refractivity contribution is 6.31. The van der Waals surface area contributed by atoms with Crippen molar-refractivity contribution in [3.05, 3.63) is 28.8 Å². The van der Waals surface area contributed by atoms with E-state index in [2.05, 4.69) is 0 Å². The molecule has 0 heterocycles. The van der Waals surface area contributed by atoms with E-state index in [1.807, 2.05) is 0 Å². The Kier molecular flexibility index (Phi) is 4.91. The van der Waals surface area contributed by atoms with Gasteiger partial charge in [-0.25, -0.2) is 4.79 Å². The molecule has 0 aliphatic carbocycles. The van der Waals surface area contributed by atoms with Crippen molar-refractivity contribution in [2.75, 3.05) is 6.61 Å². The number of rotatable bonds is 3. The molecule has 0 atom stereocenters. The molecule has 0 bridgehead atoms. The number of benzene rings is 1. The second-order valence-electron chi connectivity index (χ2n) is 5.01. The number of hydrogen-bond acceptors (Lipinski definition) is 3. The summed E-state index contributed by atoms with van der Waals surface area (Å²) >= 11 is 5.52. The second-order valence-corrected chi connectivity index (χ2v) is 5.42.